The van der Waals surface area contributed by atoms with Gasteiger partial charge in [-0.3, -0.25) is 0 Å². The number of rotatable bonds is 3. The second kappa shape index (κ2) is 4.65. The van der Waals surface area contributed by atoms with E-state index in [2.05, 4.69) is 43.1 Å². The van der Waals surface area contributed by atoms with Crippen LogP contribution in [0.4, 0.5) is 0 Å². The predicted molar refractivity (Wildman–Crippen MR) is 54.3 cm³/mol. The fraction of sp³-hybridized carbons (Fsp3) is 0.333. The van der Waals surface area contributed by atoms with Gasteiger partial charge in [-0.1, -0.05) is 29.8 Å². The van der Waals surface area contributed by atoms with Crippen LogP contribution >= 0.6 is 11.1 Å². The van der Waals surface area contributed by atoms with E-state index in [9.17, 15) is 0 Å². The average Bonchev–Trinajstić information content (AvgIpc) is 2.06. The monoisotopic (exact) mass is 197 g/mol. The van der Waals surface area contributed by atoms with Gasteiger partial charge in [0.1, 0.15) is 0 Å². The molecule has 12 heavy (non-hydrogen) atoms. The lowest BCUT2D eigenvalue weighted by molar-refractivity contribution is 0.741. The van der Waals surface area contributed by atoms with Crippen LogP contribution in [0.15, 0.2) is 24.3 Å². The van der Waals surface area contributed by atoms with Crippen LogP contribution in [0.25, 0.3) is 0 Å². The number of benzene rings is 1. The van der Waals surface area contributed by atoms with E-state index in [1.165, 1.54) is 11.1 Å². The maximum absolute atomic E-state index is 5.59. The Hall–Kier alpha value is -0.313. The minimum atomic E-state index is 0.283. The van der Waals surface area contributed by atoms with Gasteiger partial charge in [-0.25, -0.2) is 0 Å². The van der Waals surface area contributed by atoms with Gasteiger partial charge in [0.25, 0.3) is 8.99 Å². The molecule has 0 bridgehead atoms. The van der Waals surface area contributed by atoms with E-state index in [0.29, 0.717) is 6.04 Å². The van der Waals surface area contributed by atoms with Crippen molar-refractivity contribution >= 4 is 20.1 Å². The standard InChI is InChI=1S/C9H12ClNSi/c1-7-3-5-9(6-4-7)8(2)11-12-10/h3-6,8,11H,1-2H3. The van der Waals surface area contributed by atoms with Crippen LogP contribution in [0.3, 0.4) is 0 Å². The minimum absolute atomic E-state index is 0.283. The highest BCUT2D eigenvalue weighted by atomic mass is 35.6. The Bertz CT molecular complexity index is 235. The highest BCUT2D eigenvalue weighted by Gasteiger charge is 2.02. The molecule has 0 aliphatic carbocycles. The Balaban J connectivity index is 2.68. The van der Waals surface area contributed by atoms with Crippen LogP contribution < -0.4 is 4.98 Å². The third kappa shape index (κ3) is 2.63. The van der Waals surface area contributed by atoms with E-state index in [1.54, 1.807) is 0 Å². The van der Waals surface area contributed by atoms with Crippen molar-refractivity contribution in [1.29, 1.82) is 0 Å². The van der Waals surface area contributed by atoms with Gasteiger partial charge in [0.2, 0.25) is 0 Å². The Labute approximate surface area is 80.7 Å². The molecule has 64 valence electrons. The molecule has 1 aromatic rings. The van der Waals surface area contributed by atoms with Crippen molar-refractivity contribution in [3.8, 4) is 0 Å². The fourth-order valence-corrected chi connectivity index (χ4v) is 1.84. The first kappa shape index (κ1) is 9.77. The maximum Gasteiger partial charge on any atom is 0.271 e. The first-order chi connectivity index (χ1) is 5.74. The van der Waals surface area contributed by atoms with Crippen LogP contribution in [-0.4, -0.2) is 8.99 Å². The predicted octanol–water partition coefficient (Wildman–Crippen LogP) is 2.42. The van der Waals surface area contributed by atoms with Crippen LogP contribution in [0.5, 0.6) is 0 Å². The molecule has 2 radical (unpaired) electrons. The summed E-state index contributed by atoms with van der Waals surface area (Å²) in [7, 11) is 0.283. The molecule has 1 N–H and O–H groups in total. The Kier molecular flexibility index (Phi) is 3.79. The average molecular weight is 198 g/mol. The van der Waals surface area contributed by atoms with Gasteiger partial charge in [-0.05, 0) is 19.4 Å². The molecule has 0 aromatic heterocycles. The fourth-order valence-electron chi connectivity index (χ4n) is 1.02. The van der Waals surface area contributed by atoms with Crippen molar-refractivity contribution in [1.82, 2.24) is 4.98 Å². The highest BCUT2D eigenvalue weighted by Crippen LogP contribution is 2.12. The quantitative estimate of drug-likeness (QED) is 0.580. The lowest BCUT2D eigenvalue weighted by Gasteiger charge is -2.11. The first-order valence-electron chi connectivity index (χ1n) is 3.92. The van der Waals surface area contributed by atoms with Gasteiger partial charge >= 0.3 is 0 Å². The summed E-state index contributed by atoms with van der Waals surface area (Å²) in [6.45, 7) is 4.20. The Morgan fingerprint density at radius 2 is 1.92 bits per heavy atom. The lowest BCUT2D eigenvalue weighted by atomic mass is 10.1. The molecule has 0 aliphatic rings. The first-order valence-corrected chi connectivity index (χ1v) is 5.93. The van der Waals surface area contributed by atoms with Crippen molar-refractivity contribution in [2.75, 3.05) is 0 Å². The van der Waals surface area contributed by atoms with Gasteiger partial charge in [0, 0.05) is 6.04 Å². The molecule has 0 fully saturated rings. The Morgan fingerprint density at radius 1 is 1.33 bits per heavy atom. The van der Waals surface area contributed by atoms with Crippen molar-refractivity contribution in [2.45, 2.75) is 19.9 Å². The van der Waals surface area contributed by atoms with Gasteiger partial charge in [0.15, 0.2) is 0 Å². The van der Waals surface area contributed by atoms with E-state index in [1.807, 2.05) is 0 Å². The summed E-state index contributed by atoms with van der Waals surface area (Å²) in [6, 6.07) is 8.84. The van der Waals surface area contributed by atoms with E-state index in [0.717, 1.165) is 0 Å². The largest absolute Gasteiger partial charge is 0.320 e. The summed E-state index contributed by atoms with van der Waals surface area (Å²) in [5.41, 5.74) is 2.58. The van der Waals surface area contributed by atoms with Gasteiger partial charge in [-0.15, -0.1) is 11.1 Å². The molecule has 1 aromatic carbocycles. The molecule has 0 amide bonds. The number of hydrogen-bond acceptors (Lipinski definition) is 1. The summed E-state index contributed by atoms with van der Waals surface area (Å²) in [5, 5.41) is 0. The molecule has 1 nitrogen and oxygen atoms in total. The molecule has 1 unspecified atom stereocenters. The molecule has 0 saturated carbocycles. The summed E-state index contributed by atoms with van der Waals surface area (Å²) in [4.78, 5) is 3.17. The summed E-state index contributed by atoms with van der Waals surface area (Å²) < 4.78 is 0. The van der Waals surface area contributed by atoms with Crippen LogP contribution in [0.1, 0.15) is 24.1 Å². The van der Waals surface area contributed by atoms with E-state index < -0.39 is 0 Å². The van der Waals surface area contributed by atoms with E-state index >= 15 is 0 Å². The molecular formula is C9H12ClNSi. The van der Waals surface area contributed by atoms with Crippen LogP contribution in [0, 0.1) is 6.92 Å². The second-order valence-corrected chi connectivity index (χ2v) is 3.92. The zero-order valence-corrected chi connectivity index (χ0v) is 9.02. The second-order valence-electron chi connectivity index (χ2n) is 2.87. The molecule has 0 heterocycles. The Morgan fingerprint density at radius 3 is 2.42 bits per heavy atom. The normalized spacial score (nSPS) is 12.9. The van der Waals surface area contributed by atoms with Gasteiger partial charge < -0.3 is 4.98 Å². The molecule has 0 aliphatic heterocycles. The van der Waals surface area contributed by atoms with Gasteiger partial charge in [-0.2, -0.15) is 0 Å². The summed E-state index contributed by atoms with van der Waals surface area (Å²) in [6.07, 6.45) is 0. The lowest BCUT2D eigenvalue weighted by Crippen LogP contribution is -2.19. The maximum atomic E-state index is 5.59. The molecule has 1 rings (SSSR count). The highest BCUT2D eigenvalue weighted by molar-refractivity contribution is 6.92. The summed E-state index contributed by atoms with van der Waals surface area (Å²) >= 11 is 5.59. The number of aryl methyl sites for hydroxylation is 1. The number of halogens is 1. The van der Waals surface area contributed by atoms with Crippen molar-refractivity contribution in [3.05, 3.63) is 35.4 Å². The molecule has 0 spiro atoms. The van der Waals surface area contributed by atoms with E-state index in [4.69, 9.17) is 11.1 Å². The summed E-state index contributed by atoms with van der Waals surface area (Å²) in [5.74, 6) is 0. The third-order valence-electron chi connectivity index (χ3n) is 1.85. The molecule has 0 saturated heterocycles. The molecular weight excluding hydrogens is 186 g/mol. The zero-order chi connectivity index (χ0) is 8.97. The minimum Gasteiger partial charge on any atom is -0.320 e. The van der Waals surface area contributed by atoms with Crippen molar-refractivity contribution in [2.24, 2.45) is 0 Å². The van der Waals surface area contributed by atoms with Gasteiger partial charge in [0.05, 0.1) is 0 Å². The number of hydrogen-bond donors (Lipinski definition) is 1. The van der Waals surface area contributed by atoms with Crippen molar-refractivity contribution < 1.29 is 0 Å². The van der Waals surface area contributed by atoms with Crippen molar-refractivity contribution in [3.63, 3.8) is 0 Å². The molecule has 1 atom stereocenters. The molecule has 3 heteroatoms. The van der Waals surface area contributed by atoms with Crippen LogP contribution in [-0.2, 0) is 0 Å². The topological polar surface area (TPSA) is 12.0 Å². The smallest absolute Gasteiger partial charge is 0.271 e. The van der Waals surface area contributed by atoms with Crippen LogP contribution in [0.2, 0.25) is 0 Å². The SMILES string of the molecule is Cc1ccc(C(C)N[Si]Cl)cc1. The number of nitrogens with one attached hydrogen (secondary N) is 1. The van der Waals surface area contributed by atoms with E-state index in [-0.39, 0.29) is 8.99 Å². The zero-order valence-electron chi connectivity index (χ0n) is 7.26. The third-order valence-corrected chi connectivity index (χ3v) is 2.72.